The van der Waals surface area contributed by atoms with E-state index in [4.69, 9.17) is 0 Å². The van der Waals surface area contributed by atoms with Crippen molar-refractivity contribution in [2.45, 2.75) is 77.7 Å². The highest BCUT2D eigenvalue weighted by Crippen LogP contribution is 2.12. The lowest BCUT2D eigenvalue weighted by Crippen LogP contribution is -2.32. The van der Waals surface area contributed by atoms with Crippen molar-refractivity contribution in [3.63, 3.8) is 0 Å². The molecular weight excluding hydrogens is 220 g/mol. The predicted molar refractivity (Wildman–Crippen MR) is 81.1 cm³/mol. The summed E-state index contributed by atoms with van der Waals surface area (Å²) in [5.41, 5.74) is 0. The van der Waals surface area contributed by atoms with Gasteiger partial charge in [-0.05, 0) is 32.5 Å². The van der Waals surface area contributed by atoms with Crippen molar-refractivity contribution < 1.29 is 0 Å². The van der Waals surface area contributed by atoms with Crippen molar-refractivity contribution in [3.05, 3.63) is 0 Å². The van der Waals surface area contributed by atoms with Gasteiger partial charge in [0.25, 0.3) is 0 Å². The van der Waals surface area contributed by atoms with Gasteiger partial charge in [-0.3, -0.25) is 0 Å². The van der Waals surface area contributed by atoms with Gasteiger partial charge in [-0.1, -0.05) is 58.8 Å². The Balaban J connectivity index is 1.84. The fraction of sp³-hybridized carbons (Fsp3) is 1.00. The Morgan fingerprint density at radius 1 is 0.944 bits per heavy atom. The maximum absolute atomic E-state index is 3.56. The van der Waals surface area contributed by atoms with Gasteiger partial charge in [-0.15, -0.1) is 0 Å². The molecule has 0 bridgehead atoms. The van der Waals surface area contributed by atoms with E-state index in [1.165, 1.54) is 77.4 Å². The zero-order chi connectivity index (χ0) is 13.1. The van der Waals surface area contributed by atoms with Crippen molar-refractivity contribution >= 4 is 0 Å². The maximum atomic E-state index is 3.56. The molecule has 18 heavy (non-hydrogen) atoms. The highest BCUT2D eigenvalue weighted by atomic mass is 15.2. The fourth-order valence-electron chi connectivity index (χ4n) is 2.96. The third kappa shape index (κ3) is 7.38. The number of hydrogen-bond donors (Lipinski definition) is 1. The Kier molecular flexibility index (Phi) is 9.59. The maximum Gasteiger partial charge on any atom is 0.0207 e. The van der Waals surface area contributed by atoms with Crippen LogP contribution in [0, 0.1) is 0 Å². The van der Waals surface area contributed by atoms with E-state index in [0.29, 0.717) is 0 Å². The van der Waals surface area contributed by atoms with Crippen LogP contribution in [0.1, 0.15) is 71.6 Å². The molecule has 1 N–H and O–H groups in total. The van der Waals surface area contributed by atoms with Crippen LogP contribution in [0.15, 0.2) is 0 Å². The van der Waals surface area contributed by atoms with E-state index >= 15 is 0 Å². The molecule has 0 aromatic carbocycles. The molecule has 1 fully saturated rings. The SMILES string of the molecule is CCCCCCCCCCN1CCC(NCC)C1. The van der Waals surface area contributed by atoms with Crippen LogP contribution in [0.25, 0.3) is 0 Å². The van der Waals surface area contributed by atoms with E-state index in [2.05, 4.69) is 24.1 Å². The van der Waals surface area contributed by atoms with Gasteiger partial charge in [-0.2, -0.15) is 0 Å². The predicted octanol–water partition coefficient (Wildman–Crippen LogP) is 3.81. The van der Waals surface area contributed by atoms with Crippen molar-refractivity contribution in [1.82, 2.24) is 10.2 Å². The summed E-state index contributed by atoms with van der Waals surface area (Å²) in [4.78, 5) is 2.64. The van der Waals surface area contributed by atoms with Gasteiger partial charge in [0, 0.05) is 12.6 Å². The van der Waals surface area contributed by atoms with E-state index in [1.54, 1.807) is 0 Å². The highest BCUT2D eigenvalue weighted by molar-refractivity contribution is 4.80. The van der Waals surface area contributed by atoms with E-state index in [1.807, 2.05) is 0 Å². The van der Waals surface area contributed by atoms with Gasteiger partial charge in [0.2, 0.25) is 0 Å². The fourth-order valence-corrected chi connectivity index (χ4v) is 2.96. The summed E-state index contributed by atoms with van der Waals surface area (Å²) in [6.45, 7) is 9.55. The molecule has 0 saturated carbocycles. The van der Waals surface area contributed by atoms with Crippen LogP contribution in [0.4, 0.5) is 0 Å². The Morgan fingerprint density at radius 3 is 2.28 bits per heavy atom. The first-order valence-corrected chi connectivity index (χ1v) is 8.32. The van der Waals surface area contributed by atoms with Gasteiger partial charge in [0.15, 0.2) is 0 Å². The molecule has 0 aromatic rings. The van der Waals surface area contributed by atoms with Gasteiger partial charge < -0.3 is 10.2 Å². The highest BCUT2D eigenvalue weighted by Gasteiger charge is 2.20. The number of rotatable bonds is 11. The van der Waals surface area contributed by atoms with Gasteiger partial charge >= 0.3 is 0 Å². The summed E-state index contributed by atoms with van der Waals surface area (Å²) in [7, 11) is 0. The number of hydrogen-bond acceptors (Lipinski definition) is 2. The molecule has 0 amide bonds. The van der Waals surface area contributed by atoms with Crippen LogP contribution < -0.4 is 5.32 Å². The van der Waals surface area contributed by atoms with Gasteiger partial charge in [0.05, 0.1) is 0 Å². The quantitative estimate of drug-likeness (QED) is 0.564. The van der Waals surface area contributed by atoms with Crippen molar-refractivity contribution in [2.24, 2.45) is 0 Å². The largest absolute Gasteiger partial charge is 0.313 e. The first kappa shape index (κ1) is 16.0. The van der Waals surface area contributed by atoms with Crippen LogP contribution in [0.5, 0.6) is 0 Å². The molecule has 1 aliphatic heterocycles. The molecule has 1 rings (SSSR count). The van der Waals surface area contributed by atoms with Crippen molar-refractivity contribution in [1.29, 1.82) is 0 Å². The molecule has 0 radical (unpaired) electrons. The lowest BCUT2D eigenvalue weighted by Gasteiger charge is -2.16. The smallest absolute Gasteiger partial charge is 0.0207 e. The first-order chi connectivity index (χ1) is 8.86. The molecule has 0 spiro atoms. The van der Waals surface area contributed by atoms with Crippen molar-refractivity contribution in [3.8, 4) is 0 Å². The van der Waals surface area contributed by atoms with Crippen LogP contribution in [-0.4, -0.2) is 37.1 Å². The lowest BCUT2D eigenvalue weighted by molar-refractivity contribution is 0.318. The molecule has 2 nitrogen and oxygen atoms in total. The Hall–Kier alpha value is -0.0800. The average molecular weight is 254 g/mol. The zero-order valence-corrected chi connectivity index (χ0v) is 12.7. The Morgan fingerprint density at radius 2 is 1.61 bits per heavy atom. The topological polar surface area (TPSA) is 15.3 Å². The molecule has 0 aromatic heterocycles. The summed E-state index contributed by atoms with van der Waals surface area (Å²) in [5, 5.41) is 3.56. The van der Waals surface area contributed by atoms with Gasteiger partial charge in [0.1, 0.15) is 0 Å². The molecule has 1 unspecified atom stereocenters. The van der Waals surface area contributed by atoms with E-state index in [9.17, 15) is 0 Å². The summed E-state index contributed by atoms with van der Waals surface area (Å²) in [6, 6.07) is 0.768. The third-order valence-corrected chi connectivity index (χ3v) is 4.09. The standard InChI is InChI=1S/C16H34N2/c1-3-5-6-7-8-9-10-11-13-18-14-12-16(15-18)17-4-2/h16-17H,3-15H2,1-2H3. The monoisotopic (exact) mass is 254 g/mol. The summed E-state index contributed by atoms with van der Waals surface area (Å²) in [5.74, 6) is 0. The summed E-state index contributed by atoms with van der Waals surface area (Å²) < 4.78 is 0. The molecule has 108 valence electrons. The number of nitrogens with one attached hydrogen (secondary N) is 1. The molecular formula is C16H34N2. The molecule has 1 heterocycles. The molecule has 1 saturated heterocycles. The molecule has 0 aliphatic carbocycles. The number of likely N-dealkylation sites (tertiary alicyclic amines) is 1. The van der Waals surface area contributed by atoms with E-state index in [0.717, 1.165) is 12.6 Å². The average Bonchev–Trinajstić information content (AvgIpc) is 2.81. The first-order valence-electron chi connectivity index (χ1n) is 8.32. The van der Waals surface area contributed by atoms with Gasteiger partial charge in [-0.25, -0.2) is 0 Å². The zero-order valence-electron chi connectivity index (χ0n) is 12.7. The Labute approximate surface area is 115 Å². The van der Waals surface area contributed by atoms with Crippen molar-refractivity contribution in [2.75, 3.05) is 26.2 Å². The second-order valence-electron chi connectivity index (χ2n) is 5.82. The number of nitrogens with zero attached hydrogens (tertiary/aromatic N) is 1. The second kappa shape index (κ2) is 10.8. The summed E-state index contributed by atoms with van der Waals surface area (Å²) in [6.07, 6.45) is 12.8. The van der Waals surface area contributed by atoms with E-state index < -0.39 is 0 Å². The Bertz CT molecular complexity index is 182. The van der Waals surface area contributed by atoms with Crippen LogP contribution in [-0.2, 0) is 0 Å². The van der Waals surface area contributed by atoms with Crippen LogP contribution >= 0.6 is 0 Å². The number of likely N-dealkylation sites (N-methyl/N-ethyl adjacent to an activating group) is 1. The number of unbranched alkanes of at least 4 members (excludes halogenated alkanes) is 7. The van der Waals surface area contributed by atoms with Crippen LogP contribution in [0.3, 0.4) is 0 Å². The molecule has 1 aliphatic rings. The summed E-state index contributed by atoms with van der Waals surface area (Å²) >= 11 is 0. The molecule has 1 atom stereocenters. The lowest BCUT2D eigenvalue weighted by atomic mass is 10.1. The minimum Gasteiger partial charge on any atom is -0.313 e. The normalized spacial score (nSPS) is 20.7. The minimum atomic E-state index is 0.768. The minimum absolute atomic E-state index is 0.768. The van der Waals surface area contributed by atoms with Crippen LogP contribution in [0.2, 0.25) is 0 Å². The second-order valence-corrected chi connectivity index (χ2v) is 5.82. The van der Waals surface area contributed by atoms with E-state index in [-0.39, 0.29) is 0 Å². The molecule has 2 heteroatoms. The third-order valence-electron chi connectivity index (χ3n) is 4.09.